The Bertz CT molecular complexity index is 1480. The topological polar surface area (TPSA) is 64.7 Å². The quantitative estimate of drug-likeness (QED) is 0.218. The molecule has 0 radical (unpaired) electrons. The number of piperidine rings is 1. The smallest absolute Gasteiger partial charge is 0.240 e. The maximum absolute atomic E-state index is 13.7. The molecular weight excluding hydrogens is 532 g/mol. The second-order valence-electron chi connectivity index (χ2n) is 11.9. The lowest BCUT2D eigenvalue weighted by Gasteiger charge is -2.42. The average molecular weight is 577 g/mol. The number of rotatable bonds is 12. The first-order chi connectivity index (χ1) is 20.9. The van der Waals surface area contributed by atoms with Crippen LogP contribution < -0.4 is 10.6 Å². The molecule has 6 heteroatoms. The number of carbonyl (C=O) groups is 2. The van der Waals surface area contributed by atoms with Crippen LogP contribution in [0.2, 0.25) is 0 Å². The predicted octanol–water partition coefficient (Wildman–Crippen LogP) is 5.52. The molecule has 5 rings (SSSR count). The molecular formula is C37H44N4O2. The third kappa shape index (κ3) is 8.09. The highest BCUT2D eigenvalue weighted by atomic mass is 16.2. The van der Waals surface area contributed by atoms with E-state index in [0.29, 0.717) is 13.0 Å². The van der Waals surface area contributed by atoms with Crippen molar-refractivity contribution in [1.82, 2.24) is 20.4 Å². The third-order valence-corrected chi connectivity index (χ3v) is 8.68. The van der Waals surface area contributed by atoms with E-state index < -0.39 is 0 Å². The minimum atomic E-state index is -0.304. The van der Waals surface area contributed by atoms with Gasteiger partial charge in [-0.3, -0.25) is 9.59 Å². The van der Waals surface area contributed by atoms with Gasteiger partial charge >= 0.3 is 0 Å². The van der Waals surface area contributed by atoms with Gasteiger partial charge in [-0.25, -0.2) is 0 Å². The molecule has 1 aliphatic heterocycles. The van der Waals surface area contributed by atoms with Crippen LogP contribution in [-0.2, 0) is 28.1 Å². The van der Waals surface area contributed by atoms with Crippen LogP contribution in [0.4, 0.5) is 0 Å². The lowest BCUT2D eigenvalue weighted by molar-refractivity contribution is -0.132. The second kappa shape index (κ2) is 14.5. The van der Waals surface area contributed by atoms with E-state index in [0.717, 1.165) is 56.6 Å². The van der Waals surface area contributed by atoms with Crippen molar-refractivity contribution in [2.45, 2.75) is 50.7 Å². The molecule has 0 unspecified atom stereocenters. The van der Waals surface area contributed by atoms with Crippen molar-refractivity contribution in [3.8, 4) is 0 Å². The molecule has 0 saturated carbocycles. The molecule has 4 aromatic rings. The van der Waals surface area contributed by atoms with Crippen LogP contribution in [0, 0.1) is 0 Å². The van der Waals surface area contributed by atoms with E-state index in [1.54, 1.807) is 6.92 Å². The molecule has 1 atom stereocenters. The minimum absolute atomic E-state index is 0.0147. The van der Waals surface area contributed by atoms with Crippen molar-refractivity contribution in [2.75, 3.05) is 33.2 Å². The number of amides is 2. The highest BCUT2D eigenvalue weighted by Gasteiger charge is 2.36. The van der Waals surface area contributed by atoms with E-state index in [-0.39, 0.29) is 23.4 Å². The van der Waals surface area contributed by atoms with Crippen LogP contribution in [-0.4, -0.2) is 60.9 Å². The van der Waals surface area contributed by atoms with Crippen molar-refractivity contribution >= 4 is 22.6 Å². The Morgan fingerprint density at radius 1 is 0.837 bits per heavy atom. The Morgan fingerprint density at radius 3 is 2.19 bits per heavy atom. The highest BCUT2D eigenvalue weighted by Crippen LogP contribution is 2.33. The Hall–Kier alpha value is -4.00. The standard InChI is InChI=1S/C37H44N4O2/c1-29(42)39-37(34-16-7-4-8-17-34)20-24-41(25-21-37)23-11-22-38-35(36(43)40(2)28-30-12-5-3-6-13-30)27-31-18-19-32-14-9-10-15-33(32)26-31/h3-10,12-19,26,35,38H,11,20-25,27-28H2,1-2H3,(H,39,42)/t35-/m0/s1. The fourth-order valence-corrected chi connectivity index (χ4v) is 6.37. The molecule has 2 amide bonds. The first-order valence-electron chi connectivity index (χ1n) is 15.5. The van der Waals surface area contributed by atoms with Gasteiger partial charge in [0.1, 0.15) is 0 Å². The number of likely N-dealkylation sites (tertiary alicyclic amines) is 1. The molecule has 4 aromatic carbocycles. The van der Waals surface area contributed by atoms with Crippen LogP contribution in [0.1, 0.15) is 42.9 Å². The van der Waals surface area contributed by atoms with Gasteiger partial charge in [-0.1, -0.05) is 103 Å². The van der Waals surface area contributed by atoms with Gasteiger partial charge in [0.15, 0.2) is 0 Å². The van der Waals surface area contributed by atoms with Crippen LogP contribution in [0.25, 0.3) is 10.8 Å². The monoisotopic (exact) mass is 576 g/mol. The Kier molecular flexibility index (Phi) is 10.2. The molecule has 0 bridgehead atoms. The molecule has 1 heterocycles. The van der Waals surface area contributed by atoms with E-state index in [9.17, 15) is 9.59 Å². The van der Waals surface area contributed by atoms with E-state index >= 15 is 0 Å². The number of likely N-dealkylation sites (N-methyl/N-ethyl adjacent to an activating group) is 1. The van der Waals surface area contributed by atoms with Crippen molar-refractivity contribution in [3.05, 3.63) is 120 Å². The molecule has 224 valence electrons. The lowest BCUT2D eigenvalue weighted by Crippen LogP contribution is -2.53. The van der Waals surface area contributed by atoms with Gasteiger partial charge < -0.3 is 20.4 Å². The lowest BCUT2D eigenvalue weighted by atomic mass is 9.80. The van der Waals surface area contributed by atoms with Crippen LogP contribution in [0.15, 0.2) is 103 Å². The fraction of sp³-hybridized carbons (Fsp3) is 0.351. The van der Waals surface area contributed by atoms with E-state index in [4.69, 9.17) is 0 Å². The van der Waals surface area contributed by atoms with E-state index in [2.05, 4.69) is 82.3 Å². The number of nitrogens with zero attached hydrogens (tertiary/aromatic N) is 2. The SMILES string of the molecule is CC(=O)NC1(c2ccccc2)CCN(CCCN[C@@H](Cc2ccc3ccccc3c2)C(=O)N(C)Cc2ccccc2)CC1. The zero-order valence-corrected chi connectivity index (χ0v) is 25.5. The molecule has 0 spiro atoms. The van der Waals surface area contributed by atoms with Crippen molar-refractivity contribution < 1.29 is 9.59 Å². The summed E-state index contributed by atoms with van der Waals surface area (Å²) in [6, 6.07) is 35.0. The minimum Gasteiger partial charge on any atom is -0.347 e. The molecule has 1 aliphatic rings. The summed E-state index contributed by atoms with van der Waals surface area (Å²) in [7, 11) is 1.90. The zero-order chi connectivity index (χ0) is 30.1. The second-order valence-corrected chi connectivity index (χ2v) is 11.9. The molecule has 1 saturated heterocycles. The summed E-state index contributed by atoms with van der Waals surface area (Å²) in [5, 5.41) is 9.29. The number of nitrogens with one attached hydrogen (secondary N) is 2. The van der Waals surface area contributed by atoms with E-state index in [1.165, 1.54) is 16.3 Å². The van der Waals surface area contributed by atoms with Crippen LogP contribution in [0.3, 0.4) is 0 Å². The largest absolute Gasteiger partial charge is 0.347 e. The van der Waals surface area contributed by atoms with Gasteiger partial charge in [-0.15, -0.1) is 0 Å². The zero-order valence-electron chi connectivity index (χ0n) is 25.5. The summed E-state index contributed by atoms with van der Waals surface area (Å²) in [5.74, 6) is 0.124. The molecule has 6 nitrogen and oxygen atoms in total. The van der Waals surface area contributed by atoms with Gasteiger partial charge in [0.2, 0.25) is 11.8 Å². The maximum atomic E-state index is 13.7. The van der Waals surface area contributed by atoms with Gasteiger partial charge in [0.05, 0.1) is 11.6 Å². The summed E-state index contributed by atoms with van der Waals surface area (Å²) < 4.78 is 0. The summed E-state index contributed by atoms with van der Waals surface area (Å²) in [6.07, 6.45) is 3.36. The molecule has 0 aromatic heterocycles. The highest BCUT2D eigenvalue weighted by molar-refractivity contribution is 5.84. The molecule has 0 aliphatic carbocycles. The normalized spacial score (nSPS) is 15.6. The van der Waals surface area contributed by atoms with E-state index in [1.807, 2.05) is 48.3 Å². The van der Waals surface area contributed by atoms with Crippen LogP contribution in [0.5, 0.6) is 0 Å². The Balaban J connectivity index is 1.19. The first-order valence-corrected chi connectivity index (χ1v) is 15.5. The van der Waals surface area contributed by atoms with Crippen molar-refractivity contribution in [1.29, 1.82) is 0 Å². The molecule has 43 heavy (non-hydrogen) atoms. The Morgan fingerprint density at radius 2 is 1.49 bits per heavy atom. The first kappa shape index (κ1) is 30.5. The predicted molar refractivity (Wildman–Crippen MR) is 175 cm³/mol. The molecule has 1 fully saturated rings. The number of carbonyl (C=O) groups excluding carboxylic acids is 2. The fourth-order valence-electron chi connectivity index (χ4n) is 6.37. The summed E-state index contributed by atoms with van der Waals surface area (Å²) in [4.78, 5) is 30.1. The number of benzene rings is 4. The van der Waals surface area contributed by atoms with Gasteiger partial charge in [-0.05, 0) is 66.2 Å². The van der Waals surface area contributed by atoms with Gasteiger partial charge in [-0.2, -0.15) is 0 Å². The third-order valence-electron chi connectivity index (χ3n) is 8.68. The van der Waals surface area contributed by atoms with Crippen LogP contribution >= 0.6 is 0 Å². The van der Waals surface area contributed by atoms with Gasteiger partial charge in [0.25, 0.3) is 0 Å². The molecule has 2 N–H and O–H groups in total. The van der Waals surface area contributed by atoms with Crippen molar-refractivity contribution in [2.24, 2.45) is 0 Å². The van der Waals surface area contributed by atoms with Crippen molar-refractivity contribution in [3.63, 3.8) is 0 Å². The Labute approximate surface area is 256 Å². The average Bonchev–Trinajstić information content (AvgIpc) is 3.03. The number of hydrogen-bond acceptors (Lipinski definition) is 4. The summed E-state index contributed by atoms with van der Waals surface area (Å²) in [6.45, 7) is 5.75. The number of hydrogen-bond donors (Lipinski definition) is 2. The number of fused-ring (bicyclic) bond motifs is 1. The summed E-state index contributed by atoms with van der Waals surface area (Å²) in [5.41, 5.74) is 3.16. The maximum Gasteiger partial charge on any atom is 0.240 e. The van der Waals surface area contributed by atoms with Gasteiger partial charge in [0, 0.05) is 33.6 Å². The summed E-state index contributed by atoms with van der Waals surface area (Å²) >= 11 is 0.